The van der Waals surface area contributed by atoms with Crippen LogP contribution in [0.25, 0.3) is 10.9 Å². The number of rotatable bonds is 17. The molecule has 0 saturated heterocycles. The predicted molar refractivity (Wildman–Crippen MR) is 169 cm³/mol. The van der Waals surface area contributed by atoms with Gasteiger partial charge in [0.25, 0.3) is 0 Å². The zero-order chi connectivity index (χ0) is 30.4. The summed E-state index contributed by atoms with van der Waals surface area (Å²) < 4.78 is 5.87. The number of carbonyl (C=O) groups is 1. The smallest absolute Gasteiger partial charge is 0.412 e. The van der Waals surface area contributed by atoms with E-state index < -0.39 is 12.2 Å². The zero-order valence-electron chi connectivity index (χ0n) is 24.4. The number of anilines is 1. The van der Waals surface area contributed by atoms with Crippen LogP contribution in [0.5, 0.6) is 11.5 Å². The number of phenolic OH excluding ortho intramolecular Hbond substituents is 1. The molecule has 0 fully saturated rings. The molecule has 1 amide bonds. The van der Waals surface area contributed by atoms with Gasteiger partial charge in [0.15, 0.2) is 0 Å². The number of aliphatic hydroxyl groups excluding tert-OH is 1. The summed E-state index contributed by atoms with van der Waals surface area (Å²) in [5.41, 5.74) is 2.26. The van der Waals surface area contributed by atoms with E-state index in [4.69, 9.17) is 4.74 Å². The van der Waals surface area contributed by atoms with Gasteiger partial charge >= 0.3 is 6.09 Å². The van der Waals surface area contributed by atoms with Crippen molar-refractivity contribution in [2.75, 3.05) is 24.6 Å². The minimum Gasteiger partial charge on any atom is -0.506 e. The maximum absolute atomic E-state index is 11.7. The van der Waals surface area contributed by atoms with Crippen LogP contribution in [0.15, 0.2) is 83.7 Å². The average molecular weight is 588 g/mol. The van der Waals surface area contributed by atoms with Gasteiger partial charge in [-0.1, -0.05) is 68.5 Å². The fourth-order valence-corrected chi connectivity index (χ4v) is 5.08. The molecule has 43 heavy (non-hydrogen) atoms. The third-order valence-electron chi connectivity index (χ3n) is 7.43. The molecule has 3 aromatic carbocycles. The van der Waals surface area contributed by atoms with Crippen molar-refractivity contribution in [3.05, 3.63) is 100 Å². The number of aromatic nitrogens is 1. The lowest BCUT2D eigenvalue weighted by Gasteiger charge is -2.19. The highest BCUT2D eigenvalue weighted by atomic mass is 16.5. The molecule has 0 aliphatic carbocycles. The molecule has 9 heteroatoms. The summed E-state index contributed by atoms with van der Waals surface area (Å²) in [6, 6.07) is 22.9. The van der Waals surface area contributed by atoms with Crippen LogP contribution >= 0.6 is 0 Å². The lowest BCUT2D eigenvalue weighted by Crippen LogP contribution is -2.28. The molecule has 0 bridgehead atoms. The fourth-order valence-electron chi connectivity index (χ4n) is 5.08. The molecule has 1 heterocycles. The Morgan fingerprint density at radius 1 is 0.860 bits per heavy atom. The number of amides is 1. The number of carboxylic acid groups (broad SMARTS) is 1. The standard InChI is InChI=1S/C34H41N3O6/c38-30-19-17-28(29-18-20-32(40)36-33(29)30)31(39)23-35-21-9-4-2-1-3-5-10-22-43-27-15-13-25(14-16-27)24-37(34(41)42)26-11-7-6-8-12-26/h6-8,11-20,31,35,38-39H,1-5,9-10,21-24H2,(H,36,40)(H,41,42)/t31-/m0/s1. The highest BCUT2D eigenvalue weighted by Crippen LogP contribution is 2.28. The molecule has 0 saturated carbocycles. The first-order valence-corrected chi connectivity index (χ1v) is 14.9. The van der Waals surface area contributed by atoms with Crippen LogP contribution in [-0.2, 0) is 6.54 Å². The van der Waals surface area contributed by atoms with Crippen molar-refractivity contribution < 1.29 is 24.9 Å². The summed E-state index contributed by atoms with van der Waals surface area (Å²) >= 11 is 0. The number of pyridine rings is 1. The number of hydrogen-bond donors (Lipinski definition) is 5. The van der Waals surface area contributed by atoms with Crippen molar-refractivity contribution in [1.82, 2.24) is 10.3 Å². The van der Waals surface area contributed by atoms with Crippen molar-refractivity contribution in [3.63, 3.8) is 0 Å². The molecular weight excluding hydrogens is 546 g/mol. The zero-order valence-corrected chi connectivity index (χ0v) is 24.4. The van der Waals surface area contributed by atoms with Crippen molar-refractivity contribution in [2.45, 2.75) is 57.6 Å². The van der Waals surface area contributed by atoms with E-state index in [1.807, 2.05) is 42.5 Å². The molecule has 0 spiro atoms. The maximum Gasteiger partial charge on any atom is 0.412 e. The van der Waals surface area contributed by atoms with Gasteiger partial charge in [0, 0.05) is 23.7 Å². The van der Waals surface area contributed by atoms with E-state index in [-0.39, 0.29) is 17.9 Å². The van der Waals surface area contributed by atoms with Crippen LogP contribution in [0.3, 0.4) is 0 Å². The quantitative estimate of drug-likeness (QED) is 0.0909. The van der Waals surface area contributed by atoms with E-state index in [9.17, 15) is 24.9 Å². The number of aliphatic hydroxyl groups is 1. The number of hydrogen-bond acceptors (Lipinski definition) is 6. The summed E-state index contributed by atoms with van der Waals surface area (Å²) in [6.45, 7) is 2.15. The van der Waals surface area contributed by atoms with Gasteiger partial charge in [-0.25, -0.2) is 4.79 Å². The maximum atomic E-state index is 11.7. The van der Waals surface area contributed by atoms with E-state index in [0.717, 1.165) is 50.0 Å². The number of H-pyrrole nitrogens is 1. The van der Waals surface area contributed by atoms with Crippen molar-refractivity contribution in [1.29, 1.82) is 0 Å². The minimum absolute atomic E-state index is 0.0126. The largest absolute Gasteiger partial charge is 0.506 e. The Kier molecular flexibility index (Phi) is 12.0. The molecule has 0 radical (unpaired) electrons. The molecule has 4 aromatic rings. The summed E-state index contributed by atoms with van der Waals surface area (Å²) in [5, 5.41) is 34.2. The predicted octanol–water partition coefficient (Wildman–Crippen LogP) is 6.35. The normalized spacial score (nSPS) is 11.8. The van der Waals surface area contributed by atoms with E-state index in [1.165, 1.54) is 29.9 Å². The Bertz CT molecular complexity index is 1490. The number of nitrogens with one attached hydrogen (secondary N) is 2. The first-order valence-electron chi connectivity index (χ1n) is 14.9. The van der Waals surface area contributed by atoms with E-state index in [2.05, 4.69) is 10.3 Å². The van der Waals surface area contributed by atoms with Crippen LogP contribution in [0.2, 0.25) is 0 Å². The van der Waals surface area contributed by atoms with Gasteiger partial charge in [-0.2, -0.15) is 0 Å². The number of para-hydroxylation sites is 1. The molecule has 9 nitrogen and oxygen atoms in total. The second-order valence-corrected chi connectivity index (χ2v) is 10.7. The SMILES string of the molecule is O=C(O)N(Cc1ccc(OCCCCCCCCCNC[C@H](O)c2ccc(O)c3[nH]c(=O)ccc23)cc1)c1ccccc1. The van der Waals surface area contributed by atoms with Gasteiger partial charge in [0.05, 0.1) is 24.8 Å². The summed E-state index contributed by atoms with van der Waals surface area (Å²) in [6.07, 6.45) is 6.03. The fraction of sp³-hybridized carbons (Fsp3) is 0.353. The highest BCUT2D eigenvalue weighted by Gasteiger charge is 2.15. The Labute approximate surface area is 251 Å². The number of fused-ring (bicyclic) bond motifs is 1. The van der Waals surface area contributed by atoms with Crippen LogP contribution in [0.4, 0.5) is 10.5 Å². The lowest BCUT2D eigenvalue weighted by atomic mass is 10.0. The van der Waals surface area contributed by atoms with Gasteiger partial charge in [-0.3, -0.25) is 9.69 Å². The van der Waals surface area contributed by atoms with Gasteiger partial charge in [0.2, 0.25) is 5.56 Å². The number of aromatic hydroxyl groups is 1. The first-order chi connectivity index (χ1) is 20.9. The Balaban J connectivity index is 1.03. The topological polar surface area (TPSA) is 135 Å². The number of ether oxygens (including phenoxy) is 1. The van der Waals surface area contributed by atoms with E-state index in [0.29, 0.717) is 35.3 Å². The average Bonchev–Trinajstić information content (AvgIpc) is 3.01. The monoisotopic (exact) mass is 587 g/mol. The molecule has 1 aromatic heterocycles. The summed E-state index contributed by atoms with van der Waals surface area (Å²) in [4.78, 5) is 27.2. The molecule has 5 N–H and O–H groups in total. The number of benzene rings is 3. The third-order valence-corrected chi connectivity index (χ3v) is 7.43. The summed E-state index contributed by atoms with van der Waals surface area (Å²) in [5.74, 6) is 0.776. The molecule has 4 rings (SSSR count). The van der Waals surface area contributed by atoms with Gasteiger partial charge < -0.3 is 30.4 Å². The number of aromatic amines is 1. The van der Waals surface area contributed by atoms with Gasteiger partial charge in [0.1, 0.15) is 11.5 Å². The second-order valence-electron chi connectivity index (χ2n) is 10.7. The number of nitrogens with zero attached hydrogens (tertiary/aromatic N) is 1. The molecule has 0 aliphatic heterocycles. The van der Waals surface area contributed by atoms with Crippen LogP contribution < -0.4 is 20.5 Å². The molecule has 1 atom stereocenters. The Morgan fingerprint density at radius 2 is 1.56 bits per heavy atom. The van der Waals surface area contributed by atoms with Crippen LogP contribution in [0.1, 0.15) is 62.2 Å². The Hall–Kier alpha value is -4.34. The van der Waals surface area contributed by atoms with Gasteiger partial charge in [-0.15, -0.1) is 0 Å². The van der Waals surface area contributed by atoms with Crippen molar-refractivity contribution in [3.8, 4) is 11.5 Å². The molecular formula is C34H41N3O6. The Morgan fingerprint density at radius 3 is 2.28 bits per heavy atom. The van der Waals surface area contributed by atoms with E-state index >= 15 is 0 Å². The van der Waals surface area contributed by atoms with Crippen LogP contribution in [0, 0.1) is 0 Å². The lowest BCUT2D eigenvalue weighted by molar-refractivity contribution is 0.176. The minimum atomic E-state index is -0.986. The van der Waals surface area contributed by atoms with Crippen molar-refractivity contribution in [2.24, 2.45) is 0 Å². The number of phenols is 1. The van der Waals surface area contributed by atoms with E-state index in [1.54, 1.807) is 24.3 Å². The third kappa shape index (κ3) is 9.59. The molecule has 0 aliphatic rings. The number of unbranched alkanes of at least 4 members (excludes halogenated alkanes) is 6. The highest BCUT2D eigenvalue weighted by molar-refractivity contribution is 5.87. The van der Waals surface area contributed by atoms with Crippen LogP contribution in [-0.4, -0.2) is 46.1 Å². The molecule has 228 valence electrons. The first kappa shape index (κ1) is 31.6. The second kappa shape index (κ2) is 16.3. The van der Waals surface area contributed by atoms with Crippen molar-refractivity contribution >= 4 is 22.7 Å². The molecule has 0 unspecified atom stereocenters. The van der Waals surface area contributed by atoms with Gasteiger partial charge in [-0.05, 0) is 66.9 Å². The summed E-state index contributed by atoms with van der Waals surface area (Å²) in [7, 11) is 0.